The maximum absolute atomic E-state index is 14.1. The second-order valence-electron chi connectivity index (χ2n) is 16.2. The Morgan fingerprint density at radius 2 is 0.937 bits per heavy atom. The quantitative estimate of drug-likeness (QED) is 0.162. The van der Waals surface area contributed by atoms with E-state index in [-0.39, 0.29) is 0 Å². The van der Waals surface area contributed by atoms with E-state index in [1.54, 1.807) is 13.0 Å². The van der Waals surface area contributed by atoms with Crippen LogP contribution >= 0.6 is 0 Å². The largest absolute Gasteiger partial charge is 0.416 e. The van der Waals surface area contributed by atoms with Crippen LogP contribution in [0.25, 0.3) is 110 Å². The van der Waals surface area contributed by atoms with Crippen molar-refractivity contribution < 1.29 is 13.2 Å². The second-order valence-corrected chi connectivity index (χ2v) is 16.2. The van der Waals surface area contributed by atoms with Gasteiger partial charge in [-0.3, -0.25) is 0 Å². The van der Waals surface area contributed by atoms with Gasteiger partial charge in [0, 0.05) is 54.8 Å². The zero-order chi connectivity index (χ0) is 42.4. The SMILES string of the molecule is Cc1cc(-c2nc(-c3ccc(-n4c5ccccc5c5cc(-c6ccc7c(c6)c6ccccc6n7-c6ccccc6)ccc54)cc3)nc3c2ccc2ccccc23)cc(C(F)(F)F)c1. The van der Waals surface area contributed by atoms with Gasteiger partial charge in [0.1, 0.15) is 0 Å². The van der Waals surface area contributed by atoms with Crippen LogP contribution in [0.5, 0.6) is 0 Å². The Labute approximate surface area is 359 Å². The van der Waals surface area contributed by atoms with Crippen molar-refractivity contribution in [1.82, 2.24) is 19.1 Å². The fourth-order valence-electron chi connectivity index (χ4n) is 9.49. The Bertz CT molecular complexity index is 3790. The molecule has 0 saturated heterocycles. The van der Waals surface area contributed by atoms with E-state index < -0.39 is 11.7 Å². The van der Waals surface area contributed by atoms with E-state index in [4.69, 9.17) is 9.97 Å². The summed E-state index contributed by atoms with van der Waals surface area (Å²) in [4.78, 5) is 10.1. The molecule has 0 aliphatic carbocycles. The Hall–Kier alpha value is -8.03. The first-order chi connectivity index (χ1) is 30.8. The van der Waals surface area contributed by atoms with Crippen LogP contribution in [0.15, 0.2) is 194 Å². The van der Waals surface area contributed by atoms with Gasteiger partial charge in [-0.1, -0.05) is 97.1 Å². The highest BCUT2D eigenvalue weighted by atomic mass is 19.4. The number of alkyl halides is 3. The van der Waals surface area contributed by atoms with Gasteiger partial charge in [-0.05, 0) is 126 Å². The molecule has 0 amide bonds. The summed E-state index contributed by atoms with van der Waals surface area (Å²) in [5.41, 5.74) is 11.0. The lowest BCUT2D eigenvalue weighted by molar-refractivity contribution is -0.137. The van der Waals surface area contributed by atoms with Crippen molar-refractivity contribution in [1.29, 1.82) is 0 Å². The summed E-state index contributed by atoms with van der Waals surface area (Å²) in [6, 6.07) is 65.1. The smallest absolute Gasteiger partial charge is 0.309 e. The molecular formula is C56H35F3N4. The lowest BCUT2D eigenvalue weighted by atomic mass is 9.98. The standard InChI is InChI=1S/C56H35F3N4/c1-34-29-39(31-40(30-34)56(57,58)59)53-46-26-21-35-11-5-6-14-43(35)54(46)61-55(60-53)36-19-24-42(25-20-36)63-50-18-10-8-16-45(50)48-33-38(23-28-52(48)63)37-22-27-51-47(32-37)44-15-7-9-17-49(44)62(51)41-12-3-2-4-13-41/h2-33H,1H3. The van der Waals surface area contributed by atoms with Gasteiger partial charge in [0.2, 0.25) is 0 Å². The van der Waals surface area contributed by atoms with Gasteiger partial charge < -0.3 is 9.13 Å². The minimum Gasteiger partial charge on any atom is -0.309 e. The van der Waals surface area contributed by atoms with Crippen LogP contribution in [-0.2, 0) is 6.18 Å². The van der Waals surface area contributed by atoms with Crippen LogP contribution in [-0.4, -0.2) is 19.1 Å². The number of hydrogen-bond acceptors (Lipinski definition) is 2. The van der Waals surface area contributed by atoms with Crippen molar-refractivity contribution >= 4 is 65.3 Å². The van der Waals surface area contributed by atoms with Crippen molar-refractivity contribution in [2.75, 3.05) is 0 Å². The van der Waals surface area contributed by atoms with Crippen molar-refractivity contribution in [3.8, 4) is 45.1 Å². The van der Waals surface area contributed by atoms with Crippen molar-refractivity contribution in [3.05, 3.63) is 205 Å². The maximum Gasteiger partial charge on any atom is 0.416 e. The monoisotopic (exact) mass is 820 g/mol. The Morgan fingerprint density at radius 3 is 1.57 bits per heavy atom. The molecule has 12 rings (SSSR count). The third kappa shape index (κ3) is 5.99. The normalized spacial score (nSPS) is 12.1. The minimum atomic E-state index is -4.50. The Morgan fingerprint density at radius 1 is 0.397 bits per heavy atom. The number of aromatic nitrogens is 4. The lowest BCUT2D eigenvalue weighted by Crippen LogP contribution is -2.06. The summed E-state index contributed by atoms with van der Waals surface area (Å²) in [6.07, 6.45) is -4.50. The van der Waals surface area contributed by atoms with Crippen LogP contribution in [0, 0.1) is 6.92 Å². The van der Waals surface area contributed by atoms with Crippen LogP contribution in [0.4, 0.5) is 13.2 Å². The lowest BCUT2D eigenvalue weighted by Gasteiger charge is -2.14. The zero-order valence-corrected chi connectivity index (χ0v) is 33.9. The predicted molar refractivity (Wildman–Crippen MR) is 252 cm³/mol. The highest BCUT2D eigenvalue weighted by Gasteiger charge is 2.31. The Kier molecular flexibility index (Phi) is 8.18. The molecule has 0 saturated carbocycles. The van der Waals surface area contributed by atoms with Crippen molar-refractivity contribution in [2.24, 2.45) is 0 Å². The first-order valence-electron chi connectivity index (χ1n) is 20.9. The van der Waals surface area contributed by atoms with Gasteiger partial charge in [0.25, 0.3) is 0 Å². The summed E-state index contributed by atoms with van der Waals surface area (Å²) in [7, 11) is 0. The number of benzene rings is 9. The zero-order valence-electron chi connectivity index (χ0n) is 33.9. The van der Waals surface area contributed by atoms with E-state index >= 15 is 0 Å². The molecule has 12 aromatic rings. The van der Waals surface area contributed by atoms with Gasteiger partial charge in [-0.15, -0.1) is 0 Å². The number of rotatable bonds is 5. The predicted octanol–water partition coefficient (Wildman–Crippen LogP) is 15.3. The highest BCUT2D eigenvalue weighted by molar-refractivity contribution is 6.13. The highest BCUT2D eigenvalue weighted by Crippen LogP contribution is 2.40. The van der Waals surface area contributed by atoms with Crippen LogP contribution in [0.3, 0.4) is 0 Å². The average Bonchev–Trinajstić information content (AvgIpc) is 3.83. The number of nitrogens with zero attached hydrogens (tertiary/aromatic N) is 4. The van der Waals surface area contributed by atoms with Crippen LogP contribution in [0.1, 0.15) is 11.1 Å². The molecule has 300 valence electrons. The molecule has 0 fully saturated rings. The molecule has 0 spiro atoms. The third-order valence-electron chi connectivity index (χ3n) is 12.3. The molecule has 0 N–H and O–H groups in total. The van der Waals surface area contributed by atoms with Crippen molar-refractivity contribution in [2.45, 2.75) is 13.1 Å². The number of aryl methyl sites for hydroxylation is 1. The number of para-hydroxylation sites is 3. The number of fused-ring (bicyclic) bond motifs is 9. The van der Waals surface area contributed by atoms with E-state index in [0.29, 0.717) is 33.5 Å². The fraction of sp³-hybridized carbons (Fsp3) is 0.0357. The Balaban J connectivity index is 0.975. The van der Waals surface area contributed by atoms with E-state index in [1.165, 1.54) is 28.4 Å². The van der Waals surface area contributed by atoms with Gasteiger partial charge in [-0.25, -0.2) is 9.97 Å². The molecule has 0 aliphatic heterocycles. The summed E-state index contributed by atoms with van der Waals surface area (Å²) in [5, 5.41) is 7.29. The molecule has 0 unspecified atom stereocenters. The van der Waals surface area contributed by atoms with E-state index in [1.807, 2.05) is 54.6 Å². The van der Waals surface area contributed by atoms with Crippen LogP contribution in [0.2, 0.25) is 0 Å². The fourth-order valence-corrected chi connectivity index (χ4v) is 9.49. The van der Waals surface area contributed by atoms with E-state index in [9.17, 15) is 13.2 Å². The van der Waals surface area contributed by atoms with Crippen molar-refractivity contribution in [3.63, 3.8) is 0 Å². The maximum atomic E-state index is 14.1. The van der Waals surface area contributed by atoms with Gasteiger partial charge >= 0.3 is 6.18 Å². The summed E-state index contributed by atoms with van der Waals surface area (Å²) in [5.74, 6) is 0.436. The molecular weight excluding hydrogens is 786 g/mol. The molecule has 0 aliphatic rings. The molecule has 0 radical (unpaired) electrons. The molecule has 3 heterocycles. The number of hydrogen-bond donors (Lipinski definition) is 0. The van der Waals surface area contributed by atoms with Gasteiger partial charge in [0.05, 0.1) is 38.8 Å². The van der Waals surface area contributed by atoms with E-state index in [0.717, 1.165) is 66.2 Å². The third-order valence-corrected chi connectivity index (χ3v) is 12.3. The molecule has 63 heavy (non-hydrogen) atoms. The minimum absolute atomic E-state index is 0.395. The second kappa shape index (κ2) is 14.0. The van der Waals surface area contributed by atoms with Gasteiger partial charge in [0.15, 0.2) is 5.82 Å². The summed E-state index contributed by atoms with van der Waals surface area (Å²) < 4.78 is 46.9. The average molecular weight is 821 g/mol. The molecule has 7 heteroatoms. The molecule has 0 atom stereocenters. The molecule has 3 aromatic heterocycles. The summed E-state index contributed by atoms with van der Waals surface area (Å²) >= 11 is 0. The molecule has 0 bridgehead atoms. The van der Waals surface area contributed by atoms with Gasteiger partial charge in [-0.2, -0.15) is 13.2 Å². The summed E-state index contributed by atoms with van der Waals surface area (Å²) in [6.45, 7) is 1.68. The molecule has 4 nitrogen and oxygen atoms in total. The number of halogens is 3. The topological polar surface area (TPSA) is 35.6 Å². The van der Waals surface area contributed by atoms with E-state index in [2.05, 4.69) is 130 Å². The van der Waals surface area contributed by atoms with Crippen LogP contribution < -0.4 is 0 Å². The first kappa shape index (κ1) is 36.8. The molecule has 9 aromatic carbocycles. The first-order valence-corrected chi connectivity index (χ1v) is 20.9.